The van der Waals surface area contributed by atoms with E-state index < -0.39 is 0 Å². The Bertz CT molecular complexity index is 749. The average Bonchev–Trinajstić information content (AvgIpc) is 2.72. The van der Waals surface area contributed by atoms with Crippen molar-refractivity contribution in [1.29, 1.82) is 0 Å². The number of rotatable bonds is 1. The molecule has 1 saturated heterocycles. The van der Waals surface area contributed by atoms with Crippen molar-refractivity contribution in [3.63, 3.8) is 0 Å². The number of likely N-dealkylation sites (N-methyl/N-ethyl adjacent to an activating group) is 1. The molecule has 2 aliphatic rings. The third kappa shape index (κ3) is 3.95. The van der Waals surface area contributed by atoms with E-state index in [4.69, 9.17) is 16.6 Å². The summed E-state index contributed by atoms with van der Waals surface area (Å²) in [5.41, 5.74) is 4.62. The average molecular weight is 399 g/mol. The van der Waals surface area contributed by atoms with Crippen LogP contribution >= 0.6 is 36.4 Å². The summed E-state index contributed by atoms with van der Waals surface area (Å²) in [5.74, 6) is 0. The maximum atomic E-state index is 6.30. The van der Waals surface area contributed by atoms with Crippen molar-refractivity contribution in [3.8, 4) is 0 Å². The van der Waals surface area contributed by atoms with E-state index in [9.17, 15) is 0 Å². The monoisotopic (exact) mass is 397 g/mol. The van der Waals surface area contributed by atoms with Gasteiger partial charge in [0.1, 0.15) is 0 Å². The largest absolute Gasteiger partial charge is 0.364 e. The molecular formula is C19H22Cl3N3. The van der Waals surface area contributed by atoms with Gasteiger partial charge in [-0.2, -0.15) is 0 Å². The number of benzene rings is 2. The lowest BCUT2D eigenvalue weighted by Crippen LogP contribution is -2.53. The van der Waals surface area contributed by atoms with Gasteiger partial charge >= 0.3 is 0 Å². The van der Waals surface area contributed by atoms with Gasteiger partial charge in [-0.25, -0.2) is 0 Å². The normalized spacial score (nSPS) is 19.5. The van der Waals surface area contributed by atoms with E-state index in [1.54, 1.807) is 0 Å². The first-order valence-corrected chi connectivity index (χ1v) is 8.45. The van der Waals surface area contributed by atoms with Crippen LogP contribution in [0.1, 0.15) is 11.1 Å². The highest BCUT2D eigenvalue weighted by Gasteiger charge is 2.30. The van der Waals surface area contributed by atoms with Crippen molar-refractivity contribution in [3.05, 3.63) is 64.7 Å². The minimum atomic E-state index is 0. The quantitative estimate of drug-likeness (QED) is 0.718. The lowest BCUT2D eigenvalue weighted by molar-refractivity contribution is 0.270. The SMILES string of the molecule is CN1CCN2c3ccc(Cl)cc3C(c3ccccc3)=NCC2C1.Cl.Cl. The highest BCUT2D eigenvalue weighted by atomic mass is 35.5. The van der Waals surface area contributed by atoms with E-state index in [-0.39, 0.29) is 24.8 Å². The van der Waals surface area contributed by atoms with Crippen LogP contribution in [0.3, 0.4) is 0 Å². The first kappa shape index (κ1) is 20.1. The Balaban J connectivity index is 0.00000113. The fourth-order valence-electron chi connectivity index (χ4n) is 3.56. The summed E-state index contributed by atoms with van der Waals surface area (Å²) in [4.78, 5) is 9.88. The van der Waals surface area contributed by atoms with Crippen LogP contribution in [-0.4, -0.2) is 49.9 Å². The van der Waals surface area contributed by atoms with Crippen LogP contribution in [0.5, 0.6) is 0 Å². The van der Waals surface area contributed by atoms with E-state index in [1.165, 1.54) is 5.69 Å². The van der Waals surface area contributed by atoms with Crippen molar-refractivity contribution in [2.24, 2.45) is 4.99 Å². The molecule has 0 radical (unpaired) electrons. The van der Waals surface area contributed by atoms with Crippen LogP contribution in [-0.2, 0) is 0 Å². The minimum Gasteiger partial charge on any atom is -0.364 e. The van der Waals surface area contributed by atoms with Crippen molar-refractivity contribution >= 4 is 47.8 Å². The molecule has 2 aromatic rings. The molecule has 0 saturated carbocycles. The van der Waals surface area contributed by atoms with Crippen LogP contribution in [0, 0.1) is 0 Å². The van der Waals surface area contributed by atoms with E-state index in [0.29, 0.717) is 6.04 Å². The minimum absolute atomic E-state index is 0. The predicted molar refractivity (Wildman–Crippen MR) is 112 cm³/mol. The summed E-state index contributed by atoms with van der Waals surface area (Å²) in [6.07, 6.45) is 0. The molecule has 2 aromatic carbocycles. The molecule has 1 atom stereocenters. The summed E-state index contributed by atoms with van der Waals surface area (Å²) in [5, 5.41) is 0.764. The van der Waals surface area contributed by atoms with Crippen molar-refractivity contribution in [2.75, 3.05) is 38.1 Å². The Morgan fingerprint density at radius 2 is 1.80 bits per heavy atom. The van der Waals surface area contributed by atoms with Crippen molar-refractivity contribution in [2.45, 2.75) is 6.04 Å². The van der Waals surface area contributed by atoms with Crippen LogP contribution < -0.4 is 4.90 Å². The van der Waals surface area contributed by atoms with Crippen LogP contribution in [0.2, 0.25) is 5.02 Å². The topological polar surface area (TPSA) is 18.8 Å². The van der Waals surface area contributed by atoms with Gasteiger partial charge < -0.3 is 9.80 Å². The van der Waals surface area contributed by atoms with E-state index >= 15 is 0 Å². The Morgan fingerprint density at radius 1 is 1.04 bits per heavy atom. The van der Waals surface area contributed by atoms with Gasteiger partial charge in [0.25, 0.3) is 0 Å². The number of piperazine rings is 1. The third-order valence-electron chi connectivity index (χ3n) is 4.72. The lowest BCUT2D eigenvalue weighted by atomic mass is 10.00. The van der Waals surface area contributed by atoms with Crippen LogP contribution in [0.15, 0.2) is 53.5 Å². The zero-order valence-corrected chi connectivity index (χ0v) is 16.4. The van der Waals surface area contributed by atoms with Gasteiger partial charge in [0, 0.05) is 41.5 Å². The van der Waals surface area contributed by atoms with Gasteiger partial charge in [-0.15, -0.1) is 24.8 Å². The summed E-state index contributed by atoms with van der Waals surface area (Å²) in [7, 11) is 2.19. The van der Waals surface area contributed by atoms with Gasteiger partial charge in [0.2, 0.25) is 0 Å². The first-order valence-electron chi connectivity index (χ1n) is 8.07. The Kier molecular flexibility index (Phi) is 6.75. The highest BCUT2D eigenvalue weighted by Crippen LogP contribution is 2.32. The number of nitrogens with zero attached hydrogens (tertiary/aromatic N) is 3. The summed E-state index contributed by atoms with van der Waals surface area (Å²) >= 11 is 6.30. The predicted octanol–water partition coefficient (Wildman–Crippen LogP) is 4.16. The molecule has 4 rings (SSSR count). The Morgan fingerprint density at radius 3 is 2.56 bits per heavy atom. The van der Waals surface area contributed by atoms with Gasteiger partial charge in [-0.1, -0.05) is 41.9 Å². The maximum absolute atomic E-state index is 6.30. The number of hydrogen-bond donors (Lipinski definition) is 0. The zero-order chi connectivity index (χ0) is 15.8. The molecule has 0 bridgehead atoms. The second-order valence-corrected chi connectivity index (χ2v) is 6.76. The molecule has 134 valence electrons. The molecule has 25 heavy (non-hydrogen) atoms. The van der Waals surface area contributed by atoms with Gasteiger partial charge in [0.05, 0.1) is 18.3 Å². The number of fused-ring (bicyclic) bond motifs is 3. The third-order valence-corrected chi connectivity index (χ3v) is 4.95. The molecule has 0 N–H and O–H groups in total. The first-order chi connectivity index (χ1) is 11.2. The molecular weight excluding hydrogens is 377 g/mol. The highest BCUT2D eigenvalue weighted by molar-refractivity contribution is 6.31. The number of hydrogen-bond acceptors (Lipinski definition) is 3. The Hall–Kier alpha value is -1.26. The van der Waals surface area contributed by atoms with Crippen LogP contribution in [0.4, 0.5) is 5.69 Å². The van der Waals surface area contributed by atoms with E-state index in [1.807, 2.05) is 12.1 Å². The Labute approximate surface area is 166 Å². The van der Waals surface area contributed by atoms with E-state index in [0.717, 1.165) is 48.0 Å². The van der Waals surface area contributed by atoms with Gasteiger partial charge in [-0.05, 0) is 25.2 Å². The summed E-state index contributed by atoms with van der Waals surface area (Å²) in [6, 6.07) is 17.0. The summed E-state index contributed by atoms with van der Waals surface area (Å²) in [6.45, 7) is 3.99. The summed E-state index contributed by atoms with van der Waals surface area (Å²) < 4.78 is 0. The second kappa shape index (κ2) is 8.41. The fourth-order valence-corrected chi connectivity index (χ4v) is 3.73. The number of anilines is 1. The lowest BCUT2D eigenvalue weighted by Gasteiger charge is -2.40. The maximum Gasteiger partial charge on any atom is 0.0741 e. The molecule has 2 aliphatic heterocycles. The van der Waals surface area contributed by atoms with E-state index in [2.05, 4.69) is 53.2 Å². The van der Waals surface area contributed by atoms with Crippen LogP contribution in [0.25, 0.3) is 0 Å². The molecule has 2 heterocycles. The standard InChI is InChI=1S/C19H20ClN3.2ClH/c1-22-9-10-23-16(13-22)12-21-19(14-5-3-2-4-6-14)17-11-15(20)7-8-18(17)23;;/h2-8,11,16H,9-10,12-13H2,1H3;2*1H. The van der Waals surface area contributed by atoms with Crippen molar-refractivity contribution < 1.29 is 0 Å². The fraction of sp³-hybridized carbons (Fsp3) is 0.316. The smallest absolute Gasteiger partial charge is 0.0741 e. The molecule has 1 unspecified atom stereocenters. The van der Waals surface area contributed by atoms with Gasteiger partial charge in [0.15, 0.2) is 0 Å². The molecule has 0 spiro atoms. The van der Waals surface area contributed by atoms with Crippen molar-refractivity contribution in [1.82, 2.24) is 4.90 Å². The second-order valence-electron chi connectivity index (χ2n) is 6.33. The van der Waals surface area contributed by atoms with Gasteiger partial charge in [-0.3, -0.25) is 4.99 Å². The molecule has 1 fully saturated rings. The molecule has 6 heteroatoms. The molecule has 0 aromatic heterocycles. The molecule has 0 aliphatic carbocycles. The zero-order valence-electron chi connectivity index (χ0n) is 14.1. The molecule has 0 amide bonds. The number of aliphatic imine (C=N–C) groups is 1. The molecule has 3 nitrogen and oxygen atoms in total. The number of halogens is 3.